The quantitative estimate of drug-likeness (QED) is 0.675. The molecule has 0 spiro atoms. The van der Waals surface area contributed by atoms with Crippen molar-refractivity contribution < 1.29 is 10.2 Å². The number of hydrogen-bond donors (Lipinski definition) is 1. The van der Waals surface area contributed by atoms with E-state index in [4.69, 9.17) is 5.11 Å². The van der Waals surface area contributed by atoms with E-state index in [1.54, 1.807) is 19.1 Å². The highest BCUT2D eigenvalue weighted by Crippen LogP contribution is 2.09. The minimum Gasteiger partial charge on any atom is -0.872 e. The molecule has 2 heteroatoms. The topological polar surface area (TPSA) is 43.3 Å². The maximum Gasteiger partial charge on any atom is 0.0552 e. The molecule has 0 aliphatic rings. The summed E-state index contributed by atoms with van der Waals surface area (Å²) in [4.78, 5) is 0. The molecule has 11 heavy (non-hydrogen) atoms. The van der Waals surface area contributed by atoms with E-state index in [-0.39, 0.29) is 11.9 Å². The average Bonchev–Trinajstić information content (AvgIpc) is 1.85. The van der Waals surface area contributed by atoms with Crippen LogP contribution in [0.1, 0.15) is 12.5 Å². The Balaban J connectivity index is 2.71. The van der Waals surface area contributed by atoms with Crippen molar-refractivity contribution in [3.05, 3.63) is 29.8 Å². The third-order valence-electron chi connectivity index (χ3n) is 1.43. The van der Waals surface area contributed by atoms with Gasteiger partial charge in [0, 0.05) is 0 Å². The number of benzene rings is 1. The Hall–Kier alpha value is -1.02. The van der Waals surface area contributed by atoms with Gasteiger partial charge in [0.05, 0.1) is 6.10 Å². The Morgan fingerprint density at radius 1 is 1.55 bits per heavy atom. The zero-order chi connectivity index (χ0) is 8.27. The van der Waals surface area contributed by atoms with E-state index in [1.807, 2.05) is 6.07 Å². The molecule has 0 heterocycles. The molecule has 0 bridgehead atoms. The molecule has 0 amide bonds. The molecule has 0 saturated heterocycles. The molecule has 0 radical (unpaired) electrons. The monoisotopic (exact) mass is 151 g/mol. The van der Waals surface area contributed by atoms with E-state index in [9.17, 15) is 5.11 Å². The van der Waals surface area contributed by atoms with Crippen molar-refractivity contribution in [1.82, 2.24) is 0 Å². The molecule has 0 saturated carbocycles. The number of aliphatic hydroxyl groups excluding tert-OH is 1. The van der Waals surface area contributed by atoms with E-state index in [0.29, 0.717) is 6.42 Å². The molecule has 1 N–H and O–H groups in total. The van der Waals surface area contributed by atoms with Gasteiger partial charge in [-0.2, -0.15) is 0 Å². The SMILES string of the molecule is CC(O)Cc1cccc([O-])c1. The van der Waals surface area contributed by atoms with E-state index in [0.717, 1.165) is 5.56 Å². The first-order valence-corrected chi connectivity index (χ1v) is 3.62. The van der Waals surface area contributed by atoms with Gasteiger partial charge in [-0.3, -0.25) is 0 Å². The fourth-order valence-corrected chi connectivity index (χ4v) is 1.01. The van der Waals surface area contributed by atoms with Crippen LogP contribution in [0.25, 0.3) is 0 Å². The summed E-state index contributed by atoms with van der Waals surface area (Å²) < 4.78 is 0. The predicted octanol–water partition coefficient (Wildman–Crippen LogP) is 0.683. The first-order chi connectivity index (χ1) is 5.18. The lowest BCUT2D eigenvalue weighted by molar-refractivity contribution is -0.268. The van der Waals surface area contributed by atoms with Gasteiger partial charge < -0.3 is 10.2 Å². The van der Waals surface area contributed by atoms with Gasteiger partial charge in [-0.15, -0.1) is 5.75 Å². The second-order valence-electron chi connectivity index (χ2n) is 2.70. The van der Waals surface area contributed by atoms with Crippen LogP contribution in [-0.4, -0.2) is 11.2 Å². The van der Waals surface area contributed by atoms with Crippen LogP contribution in [0.5, 0.6) is 5.75 Å². The summed E-state index contributed by atoms with van der Waals surface area (Å²) in [5.74, 6) is 0.00292. The zero-order valence-corrected chi connectivity index (χ0v) is 6.45. The van der Waals surface area contributed by atoms with Crippen molar-refractivity contribution in [1.29, 1.82) is 0 Å². The van der Waals surface area contributed by atoms with Crippen molar-refractivity contribution >= 4 is 0 Å². The highest BCUT2D eigenvalue weighted by atomic mass is 16.3. The number of aliphatic hydroxyl groups is 1. The van der Waals surface area contributed by atoms with Gasteiger partial charge >= 0.3 is 0 Å². The molecule has 0 aromatic heterocycles. The summed E-state index contributed by atoms with van der Waals surface area (Å²) in [6.45, 7) is 1.71. The molecular formula is C9H11O2-. The summed E-state index contributed by atoms with van der Waals surface area (Å²) in [6, 6.07) is 6.60. The van der Waals surface area contributed by atoms with Crippen LogP contribution >= 0.6 is 0 Å². The second-order valence-corrected chi connectivity index (χ2v) is 2.70. The largest absolute Gasteiger partial charge is 0.872 e. The van der Waals surface area contributed by atoms with Crippen LogP contribution in [-0.2, 0) is 6.42 Å². The standard InChI is InChI=1S/C9H12O2/c1-7(10)5-8-3-2-4-9(11)6-8/h2-4,6-7,10-11H,5H2,1H3/p-1. The lowest BCUT2D eigenvalue weighted by Gasteiger charge is -2.08. The molecule has 1 rings (SSSR count). The minimum atomic E-state index is -0.378. The van der Waals surface area contributed by atoms with Crippen LogP contribution < -0.4 is 5.11 Å². The van der Waals surface area contributed by atoms with E-state index in [1.165, 1.54) is 6.07 Å². The normalized spacial score (nSPS) is 12.9. The number of hydrogen-bond acceptors (Lipinski definition) is 2. The lowest BCUT2D eigenvalue weighted by Crippen LogP contribution is -2.04. The van der Waals surface area contributed by atoms with Crippen LogP contribution in [0.3, 0.4) is 0 Å². The van der Waals surface area contributed by atoms with Gasteiger partial charge in [-0.25, -0.2) is 0 Å². The zero-order valence-electron chi connectivity index (χ0n) is 6.45. The molecule has 2 nitrogen and oxygen atoms in total. The fourth-order valence-electron chi connectivity index (χ4n) is 1.01. The molecule has 1 atom stereocenters. The van der Waals surface area contributed by atoms with Crippen molar-refractivity contribution in [2.75, 3.05) is 0 Å². The van der Waals surface area contributed by atoms with Gasteiger partial charge in [0.1, 0.15) is 0 Å². The molecule has 0 aliphatic carbocycles. The highest BCUT2D eigenvalue weighted by Gasteiger charge is 1.96. The van der Waals surface area contributed by atoms with Gasteiger partial charge in [-0.05, 0) is 18.9 Å². The first-order valence-electron chi connectivity index (χ1n) is 3.62. The lowest BCUT2D eigenvalue weighted by atomic mass is 10.1. The van der Waals surface area contributed by atoms with Crippen LogP contribution in [0, 0.1) is 0 Å². The molecule has 1 aromatic carbocycles. The van der Waals surface area contributed by atoms with Crippen molar-refractivity contribution in [2.24, 2.45) is 0 Å². The summed E-state index contributed by atoms with van der Waals surface area (Å²) in [7, 11) is 0. The Morgan fingerprint density at radius 2 is 2.27 bits per heavy atom. The molecular weight excluding hydrogens is 140 g/mol. The number of rotatable bonds is 2. The van der Waals surface area contributed by atoms with Crippen molar-refractivity contribution in [2.45, 2.75) is 19.4 Å². The van der Waals surface area contributed by atoms with E-state index < -0.39 is 0 Å². The summed E-state index contributed by atoms with van der Waals surface area (Å²) >= 11 is 0. The van der Waals surface area contributed by atoms with Gasteiger partial charge in [0.2, 0.25) is 0 Å². The molecule has 0 aliphatic heterocycles. The summed E-state index contributed by atoms with van der Waals surface area (Å²) in [5.41, 5.74) is 0.896. The first kappa shape index (κ1) is 8.08. The Bertz CT molecular complexity index is 231. The average molecular weight is 151 g/mol. The Labute approximate surface area is 66.1 Å². The fraction of sp³-hybridized carbons (Fsp3) is 0.333. The molecule has 60 valence electrons. The maximum atomic E-state index is 10.8. The second kappa shape index (κ2) is 3.39. The van der Waals surface area contributed by atoms with Crippen molar-refractivity contribution in [3.63, 3.8) is 0 Å². The van der Waals surface area contributed by atoms with Gasteiger partial charge in [0.15, 0.2) is 0 Å². The molecule has 1 unspecified atom stereocenters. The van der Waals surface area contributed by atoms with E-state index >= 15 is 0 Å². The molecule has 1 aromatic rings. The maximum absolute atomic E-state index is 10.8. The Kier molecular flexibility index (Phi) is 2.49. The summed E-state index contributed by atoms with van der Waals surface area (Å²) in [5, 5.41) is 19.8. The van der Waals surface area contributed by atoms with E-state index in [2.05, 4.69) is 0 Å². The predicted molar refractivity (Wildman–Crippen MR) is 41.3 cm³/mol. The Morgan fingerprint density at radius 3 is 2.82 bits per heavy atom. The third kappa shape index (κ3) is 2.60. The smallest absolute Gasteiger partial charge is 0.0552 e. The van der Waals surface area contributed by atoms with Crippen LogP contribution in [0.2, 0.25) is 0 Å². The minimum absolute atomic E-state index is 0.00292. The highest BCUT2D eigenvalue weighted by molar-refractivity contribution is 5.26. The van der Waals surface area contributed by atoms with Gasteiger partial charge in [0.25, 0.3) is 0 Å². The summed E-state index contributed by atoms with van der Waals surface area (Å²) in [6.07, 6.45) is 0.174. The van der Waals surface area contributed by atoms with Crippen molar-refractivity contribution in [3.8, 4) is 5.75 Å². The molecule has 0 fully saturated rings. The van der Waals surface area contributed by atoms with Crippen LogP contribution in [0.4, 0.5) is 0 Å². The third-order valence-corrected chi connectivity index (χ3v) is 1.43. The van der Waals surface area contributed by atoms with Gasteiger partial charge in [-0.1, -0.05) is 24.3 Å². The van der Waals surface area contributed by atoms with Crippen LogP contribution in [0.15, 0.2) is 24.3 Å².